The number of aliphatic carboxylic acids is 2. The molecule has 0 bridgehead atoms. The van der Waals surface area contributed by atoms with Crippen molar-refractivity contribution in [3.05, 3.63) is 6.92 Å². The summed E-state index contributed by atoms with van der Waals surface area (Å²) in [5.41, 5.74) is 0. The fourth-order valence-corrected chi connectivity index (χ4v) is 0.425. The molecule has 0 aliphatic heterocycles. The molecular weight excluding hydrogens is 138 g/mol. The van der Waals surface area contributed by atoms with Gasteiger partial charge in [-0.25, -0.2) is 9.59 Å². The number of nitrogens with one attached hydrogen (secondary N) is 1. The van der Waals surface area contributed by atoms with Gasteiger partial charge in [0.25, 0.3) is 0 Å². The molecule has 1 radical (unpaired) electrons. The van der Waals surface area contributed by atoms with Crippen LogP contribution in [0.2, 0.25) is 0 Å². The lowest BCUT2D eigenvalue weighted by Gasteiger charge is -2.05. The number of carbonyl (C=O) groups is 2. The molecule has 0 saturated carbocycles. The smallest absolute Gasteiger partial charge is 0.332 e. The Labute approximate surface area is 57.7 Å². The van der Waals surface area contributed by atoms with Gasteiger partial charge in [-0.15, -0.1) is 0 Å². The average Bonchev–Trinajstić information content (AvgIpc) is 1.81. The average molecular weight is 146 g/mol. The number of hydrogen-bond donors (Lipinski definition) is 3. The molecule has 0 rings (SSSR count). The lowest BCUT2D eigenvalue weighted by Crippen LogP contribution is -2.43. The highest BCUT2D eigenvalue weighted by atomic mass is 16.4. The van der Waals surface area contributed by atoms with Crippen LogP contribution in [0.1, 0.15) is 0 Å². The van der Waals surface area contributed by atoms with Crippen LogP contribution >= 0.6 is 0 Å². The van der Waals surface area contributed by atoms with Crippen molar-refractivity contribution in [3.63, 3.8) is 0 Å². The van der Waals surface area contributed by atoms with Crippen LogP contribution < -0.4 is 5.32 Å². The molecule has 57 valence electrons. The Morgan fingerprint density at radius 1 is 1.40 bits per heavy atom. The monoisotopic (exact) mass is 146 g/mol. The molecular formula is C5H8NO4. The molecule has 5 nitrogen and oxygen atoms in total. The SMILES string of the molecule is [CH2]CNC(C(=O)O)C(=O)O. The zero-order valence-electron chi connectivity index (χ0n) is 5.20. The quantitative estimate of drug-likeness (QED) is 0.440. The lowest BCUT2D eigenvalue weighted by atomic mass is 10.3. The van der Waals surface area contributed by atoms with E-state index in [9.17, 15) is 9.59 Å². The van der Waals surface area contributed by atoms with Crippen LogP contribution in [0.15, 0.2) is 0 Å². The van der Waals surface area contributed by atoms with E-state index in [1.54, 1.807) is 0 Å². The second-order valence-electron chi connectivity index (χ2n) is 1.56. The van der Waals surface area contributed by atoms with Crippen molar-refractivity contribution in [1.82, 2.24) is 5.32 Å². The van der Waals surface area contributed by atoms with Crippen LogP contribution in [-0.2, 0) is 9.59 Å². The fraction of sp³-hybridized carbons (Fsp3) is 0.400. The molecule has 0 amide bonds. The largest absolute Gasteiger partial charge is 0.480 e. The van der Waals surface area contributed by atoms with Gasteiger partial charge >= 0.3 is 11.9 Å². The molecule has 10 heavy (non-hydrogen) atoms. The molecule has 3 N–H and O–H groups in total. The van der Waals surface area contributed by atoms with Crippen molar-refractivity contribution in [2.45, 2.75) is 6.04 Å². The molecule has 0 aliphatic rings. The topological polar surface area (TPSA) is 86.6 Å². The van der Waals surface area contributed by atoms with Crippen molar-refractivity contribution in [2.24, 2.45) is 0 Å². The molecule has 0 unspecified atom stereocenters. The molecule has 0 saturated heterocycles. The first kappa shape index (κ1) is 8.90. The molecule has 0 aromatic carbocycles. The maximum absolute atomic E-state index is 10.1. The van der Waals surface area contributed by atoms with Crippen LogP contribution in [-0.4, -0.2) is 34.7 Å². The lowest BCUT2D eigenvalue weighted by molar-refractivity contribution is -0.150. The van der Waals surface area contributed by atoms with E-state index in [-0.39, 0.29) is 6.54 Å². The Morgan fingerprint density at radius 2 is 1.80 bits per heavy atom. The minimum absolute atomic E-state index is 0.0727. The van der Waals surface area contributed by atoms with Gasteiger partial charge in [0.2, 0.25) is 6.04 Å². The molecule has 0 atom stereocenters. The van der Waals surface area contributed by atoms with Crippen molar-refractivity contribution in [2.75, 3.05) is 6.54 Å². The van der Waals surface area contributed by atoms with Gasteiger partial charge in [-0.3, -0.25) is 5.32 Å². The molecule has 0 heterocycles. The zero-order valence-corrected chi connectivity index (χ0v) is 5.20. The Balaban J connectivity index is 3.98. The Hall–Kier alpha value is -1.10. The van der Waals surface area contributed by atoms with Crippen LogP contribution in [0.3, 0.4) is 0 Å². The molecule has 0 fully saturated rings. The Morgan fingerprint density at radius 3 is 1.90 bits per heavy atom. The molecule has 0 aliphatic carbocycles. The fourth-order valence-electron chi connectivity index (χ4n) is 0.425. The zero-order chi connectivity index (χ0) is 8.15. The van der Waals surface area contributed by atoms with E-state index < -0.39 is 18.0 Å². The van der Waals surface area contributed by atoms with E-state index in [2.05, 4.69) is 12.2 Å². The highest BCUT2D eigenvalue weighted by Gasteiger charge is 2.23. The summed E-state index contributed by atoms with van der Waals surface area (Å²) in [5, 5.41) is 18.6. The van der Waals surface area contributed by atoms with E-state index in [4.69, 9.17) is 10.2 Å². The predicted octanol–water partition coefficient (Wildman–Crippen LogP) is -1.05. The third-order valence-electron chi connectivity index (χ3n) is 0.842. The van der Waals surface area contributed by atoms with Gasteiger partial charge in [-0.05, 0) is 13.5 Å². The molecule has 0 spiro atoms. The standard InChI is InChI=1S/C5H8NO4/c1-2-6-3(4(7)8)5(9)10/h3,6H,1-2H2,(H,7,8)(H,9,10). The molecule has 0 aromatic rings. The Bertz CT molecular complexity index is 131. The van der Waals surface area contributed by atoms with E-state index in [0.717, 1.165) is 0 Å². The third kappa shape index (κ3) is 2.45. The first-order valence-electron chi connectivity index (χ1n) is 2.58. The van der Waals surface area contributed by atoms with Crippen LogP contribution in [0.4, 0.5) is 0 Å². The summed E-state index contributed by atoms with van der Waals surface area (Å²) in [6.07, 6.45) is 0. The van der Waals surface area contributed by atoms with Crippen molar-refractivity contribution in [1.29, 1.82) is 0 Å². The summed E-state index contributed by atoms with van der Waals surface area (Å²) >= 11 is 0. The first-order valence-corrected chi connectivity index (χ1v) is 2.58. The van der Waals surface area contributed by atoms with E-state index in [1.165, 1.54) is 0 Å². The number of carboxylic acids is 2. The summed E-state index contributed by atoms with van der Waals surface area (Å²) in [7, 11) is 0. The number of hydrogen-bond acceptors (Lipinski definition) is 3. The van der Waals surface area contributed by atoms with Gasteiger partial charge < -0.3 is 10.2 Å². The van der Waals surface area contributed by atoms with Gasteiger partial charge in [0.1, 0.15) is 0 Å². The second-order valence-corrected chi connectivity index (χ2v) is 1.56. The van der Waals surface area contributed by atoms with Crippen LogP contribution in [0.5, 0.6) is 0 Å². The number of carboxylic acid groups (broad SMARTS) is 2. The summed E-state index contributed by atoms with van der Waals surface area (Å²) in [4.78, 5) is 20.1. The van der Waals surface area contributed by atoms with Crippen molar-refractivity contribution >= 4 is 11.9 Å². The molecule has 5 heteroatoms. The van der Waals surface area contributed by atoms with E-state index in [1.807, 2.05) is 0 Å². The normalized spacial score (nSPS) is 9.80. The maximum Gasteiger partial charge on any atom is 0.332 e. The number of rotatable bonds is 4. The highest BCUT2D eigenvalue weighted by Crippen LogP contribution is 1.82. The van der Waals surface area contributed by atoms with Gasteiger partial charge in [-0.1, -0.05) is 0 Å². The van der Waals surface area contributed by atoms with Gasteiger partial charge in [-0.2, -0.15) is 0 Å². The van der Waals surface area contributed by atoms with Crippen LogP contribution in [0.25, 0.3) is 0 Å². The van der Waals surface area contributed by atoms with Crippen LogP contribution in [0, 0.1) is 6.92 Å². The molecule has 0 aromatic heterocycles. The third-order valence-corrected chi connectivity index (χ3v) is 0.842. The van der Waals surface area contributed by atoms with Gasteiger partial charge in [0.05, 0.1) is 0 Å². The predicted molar refractivity (Wildman–Crippen MR) is 32.4 cm³/mol. The first-order chi connectivity index (χ1) is 4.59. The summed E-state index contributed by atoms with van der Waals surface area (Å²) in [6.45, 7) is 3.33. The van der Waals surface area contributed by atoms with E-state index in [0.29, 0.717) is 0 Å². The summed E-state index contributed by atoms with van der Waals surface area (Å²) in [5.74, 6) is -2.81. The van der Waals surface area contributed by atoms with E-state index >= 15 is 0 Å². The highest BCUT2D eigenvalue weighted by molar-refractivity contribution is 5.97. The summed E-state index contributed by atoms with van der Waals surface area (Å²) < 4.78 is 0. The summed E-state index contributed by atoms with van der Waals surface area (Å²) in [6, 6.07) is -1.54. The maximum atomic E-state index is 10.1. The minimum atomic E-state index is -1.54. The Kier molecular flexibility index (Phi) is 3.42. The second kappa shape index (κ2) is 3.84. The van der Waals surface area contributed by atoms with Crippen molar-refractivity contribution < 1.29 is 19.8 Å². The van der Waals surface area contributed by atoms with Gasteiger partial charge in [0.15, 0.2) is 0 Å². The van der Waals surface area contributed by atoms with Gasteiger partial charge in [0, 0.05) is 0 Å². The van der Waals surface area contributed by atoms with Crippen molar-refractivity contribution in [3.8, 4) is 0 Å². The minimum Gasteiger partial charge on any atom is -0.480 e.